The van der Waals surface area contributed by atoms with Gasteiger partial charge in [0.1, 0.15) is 6.04 Å². The normalized spacial score (nSPS) is 15.8. The van der Waals surface area contributed by atoms with Crippen molar-refractivity contribution in [2.45, 2.75) is 32.9 Å². The Bertz CT molecular complexity index is 589. The number of ether oxygens (including phenoxy) is 1. The zero-order chi connectivity index (χ0) is 18.2. The van der Waals surface area contributed by atoms with Crippen molar-refractivity contribution < 1.29 is 14.3 Å². The SMILES string of the molecule is CC(C)C[C@H](NC(=O)NCc1cccc(Cl)c1)C(=O)N1CCOCC1. The lowest BCUT2D eigenvalue weighted by Crippen LogP contribution is -2.53. The molecule has 138 valence electrons. The van der Waals surface area contributed by atoms with E-state index < -0.39 is 6.04 Å². The molecule has 0 spiro atoms. The number of benzene rings is 1. The summed E-state index contributed by atoms with van der Waals surface area (Å²) in [6.07, 6.45) is 0.598. The van der Waals surface area contributed by atoms with Gasteiger partial charge in [0.05, 0.1) is 13.2 Å². The molecule has 1 aliphatic rings. The molecule has 1 heterocycles. The van der Waals surface area contributed by atoms with Gasteiger partial charge in [-0.05, 0) is 30.0 Å². The summed E-state index contributed by atoms with van der Waals surface area (Å²) >= 11 is 5.94. The van der Waals surface area contributed by atoms with Gasteiger partial charge in [0.2, 0.25) is 5.91 Å². The van der Waals surface area contributed by atoms with E-state index in [-0.39, 0.29) is 11.9 Å². The predicted octanol–water partition coefficient (Wildman–Crippen LogP) is 2.41. The Balaban J connectivity index is 1.91. The molecule has 1 aromatic rings. The van der Waals surface area contributed by atoms with Gasteiger partial charge in [-0.2, -0.15) is 0 Å². The molecule has 2 N–H and O–H groups in total. The van der Waals surface area contributed by atoms with Crippen LogP contribution < -0.4 is 10.6 Å². The number of rotatable bonds is 6. The Hall–Kier alpha value is -1.79. The first kappa shape index (κ1) is 19.5. The summed E-state index contributed by atoms with van der Waals surface area (Å²) in [6.45, 7) is 6.64. The van der Waals surface area contributed by atoms with E-state index in [0.717, 1.165) is 5.56 Å². The molecule has 25 heavy (non-hydrogen) atoms. The predicted molar refractivity (Wildman–Crippen MR) is 97.5 cm³/mol. The molecule has 1 aliphatic heterocycles. The lowest BCUT2D eigenvalue weighted by molar-refractivity contribution is -0.137. The van der Waals surface area contributed by atoms with Crippen molar-refractivity contribution in [1.82, 2.24) is 15.5 Å². The second-order valence-electron chi connectivity index (χ2n) is 6.58. The van der Waals surface area contributed by atoms with Crippen molar-refractivity contribution in [3.8, 4) is 0 Å². The van der Waals surface area contributed by atoms with Gasteiger partial charge in [0.25, 0.3) is 0 Å². The molecule has 0 aliphatic carbocycles. The number of carbonyl (C=O) groups excluding carboxylic acids is 2. The van der Waals surface area contributed by atoms with Crippen LogP contribution in [-0.2, 0) is 16.1 Å². The second kappa shape index (κ2) is 9.63. The average molecular weight is 368 g/mol. The Morgan fingerprint density at radius 2 is 2.00 bits per heavy atom. The van der Waals surface area contributed by atoms with Crippen LogP contribution >= 0.6 is 11.6 Å². The molecule has 0 aromatic heterocycles. The fourth-order valence-corrected chi connectivity index (χ4v) is 2.95. The van der Waals surface area contributed by atoms with Crippen LogP contribution in [0.2, 0.25) is 5.02 Å². The zero-order valence-electron chi connectivity index (χ0n) is 14.8. The van der Waals surface area contributed by atoms with E-state index in [4.69, 9.17) is 16.3 Å². The quantitative estimate of drug-likeness (QED) is 0.811. The van der Waals surface area contributed by atoms with Crippen LogP contribution in [-0.4, -0.2) is 49.2 Å². The van der Waals surface area contributed by atoms with Crippen LogP contribution in [0.1, 0.15) is 25.8 Å². The molecule has 0 bridgehead atoms. The Morgan fingerprint density at radius 1 is 1.28 bits per heavy atom. The summed E-state index contributed by atoms with van der Waals surface area (Å²) in [5.74, 6) is 0.248. The third-order valence-electron chi connectivity index (χ3n) is 3.98. The van der Waals surface area contributed by atoms with Gasteiger partial charge in [-0.3, -0.25) is 4.79 Å². The van der Waals surface area contributed by atoms with E-state index in [1.54, 1.807) is 17.0 Å². The molecule has 1 aromatic carbocycles. The van der Waals surface area contributed by atoms with Crippen molar-refractivity contribution in [3.05, 3.63) is 34.9 Å². The van der Waals surface area contributed by atoms with E-state index in [0.29, 0.717) is 50.2 Å². The lowest BCUT2D eigenvalue weighted by Gasteiger charge is -2.31. The fourth-order valence-electron chi connectivity index (χ4n) is 2.74. The third kappa shape index (κ3) is 6.55. The highest BCUT2D eigenvalue weighted by molar-refractivity contribution is 6.30. The number of morpholine rings is 1. The summed E-state index contributed by atoms with van der Waals surface area (Å²) in [7, 11) is 0. The first-order valence-corrected chi connectivity index (χ1v) is 8.99. The van der Waals surface area contributed by atoms with Crippen molar-refractivity contribution >= 4 is 23.5 Å². The first-order chi connectivity index (χ1) is 12.0. The minimum atomic E-state index is -0.530. The summed E-state index contributed by atoms with van der Waals surface area (Å²) in [5, 5.41) is 6.22. The molecule has 2 rings (SSSR count). The fraction of sp³-hybridized carbons (Fsp3) is 0.556. The number of hydrogen-bond donors (Lipinski definition) is 2. The molecule has 1 atom stereocenters. The standard InChI is InChI=1S/C18H26ClN3O3/c1-13(2)10-16(17(23)22-6-8-25-9-7-22)21-18(24)20-12-14-4-3-5-15(19)11-14/h3-5,11,13,16H,6-10,12H2,1-2H3,(H2,20,21,24)/t16-/m0/s1. The third-order valence-corrected chi connectivity index (χ3v) is 4.21. The van der Waals surface area contributed by atoms with Gasteiger partial charge < -0.3 is 20.3 Å². The van der Waals surface area contributed by atoms with Crippen LogP contribution in [0.5, 0.6) is 0 Å². The highest BCUT2D eigenvalue weighted by Crippen LogP contribution is 2.11. The van der Waals surface area contributed by atoms with Crippen LogP contribution in [0.25, 0.3) is 0 Å². The number of nitrogens with one attached hydrogen (secondary N) is 2. The van der Waals surface area contributed by atoms with E-state index in [9.17, 15) is 9.59 Å². The number of urea groups is 1. The molecular formula is C18H26ClN3O3. The van der Waals surface area contributed by atoms with Crippen LogP contribution in [0.3, 0.4) is 0 Å². The maximum atomic E-state index is 12.7. The van der Waals surface area contributed by atoms with Gasteiger partial charge >= 0.3 is 6.03 Å². The van der Waals surface area contributed by atoms with Gasteiger partial charge in [-0.1, -0.05) is 37.6 Å². The Morgan fingerprint density at radius 3 is 2.64 bits per heavy atom. The number of nitrogens with zero attached hydrogens (tertiary/aromatic N) is 1. The summed E-state index contributed by atoms with van der Waals surface area (Å²) in [5.41, 5.74) is 0.905. The number of carbonyl (C=O) groups is 2. The van der Waals surface area contributed by atoms with Gasteiger partial charge in [-0.25, -0.2) is 4.79 Å². The smallest absolute Gasteiger partial charge is 0.315 e. The molecule has 3 amide bonds. The summed E-state index contributed by atoms with van der Waals surface area (Å²) < 4.78 is 5.28. The monoisotopic (exact) mass is 367 g/mol. The van der Waals surface area contributed by atoms with Crippen LogP contribution in [0.4, 0.5) is 4.79 Å². The molecule has 0 unspecified atom stereocenters. The van der Waals surface area contributed by atoms with Gasteiger partial charge in [0, 0.05) is 24.7 Å². The molecule has 0 saturated carbocycles. The topological polar surface area (TPSA) is 70.7 Å². The molecule has 0 radical (unpaired) electrons. The molecule has 1 saturated heterocycles. The highest BCUT2D eigenvalue weighted by atomic mass is 35.5. The lowest BCUT2D eigenvalue weighted by atomic mass is 10.0. The van der Waals surface area contributed by atoms with Crippen molar-refractivity contribution in [3.63, 3.8) is 0 Å². The van der Waals surface area contributed by atoms with Gasteiger partial charge in [0.15, 0.2) is 0 Å². The molecule has 6 nitrogen and oxygen atoms in total. The minimum Gasteiger partial charge on any atom is -0.378 e. The number of amides is 3. The van der Waals surface area contributed by atoms with Crippen LogP contribution in [0.15, 0.2) is 24.3 Å². The molecule has 1 fully saturated rings. The number of halogens is 1. The zero-order valence-corrected chi connectivity index (χ0v) is 15.5. The van der Waals surface area contributed by atoms with E-state index in [1.807, 2.05) is 26.0 Å². The first-order valence-electron chi connectivity index (χ1n) is 8.61. The Labute approximate surface area is 153 Å². The summed E-state index contributed by atoms with van der Waals surface area (Å²) in [4.78, 5) is 26.7. The highest BCUT2D eigenvalue weighted by Gasteiger charge is 2.27. The van der Waals surface area contributed by atoms with E-state index >= 15 is 0 Å². The second-order valence-corrected chi connectivity index (χ2v) is 7.01. The minimum absolute atomic E-state index is 0.0464. The van der Waals surface area contributed by atoms with Crippen LogP contribution in [0, 0.1) is 5.92 Å². The van der Waals surface area contributed by atoms with E-state index in [2.05, 4.69) is 10.6 Å². The van der Waals surface area contributed by atoms with Crippen molar-refractivity contribution in [2.75, 3.05) is 26.3 Å². The summed E-state index contributed by atoms with van der Waals surface area (Å²) in [6, 6.07) is 6.42. The van der Waals surface area contributed by atoms with Crippen molar-refractivity contribution in [2.24, 2.45) is 5.92 Å². The Kier molecular flexibility index (Phi) is 7.52. The number of hydrogen-bond acceptors (Lipinski definition) is 3. The van der Waals surface area contributed by atoms with Crippen molar-refractivity contribution in [1.29, 1.82) is 0 Å². The average Bonchev–Trinajstić information content (AvgIpc) is 2.59. The molecular weight excluding hydrogens is 342 g/mol. The largest absolute Gasteiger partial charge is 0.378 e. The van der Waals surface area contributed by atoms with E-state index in [1.165, 1.54) is 0 Å². The van der Waals surface area contributed by atoms with Gasteiger partial charge in [-0.15, -0.1) is 0 Å². The molecule has 7 heteroatoms. The maximum Gasteiger partial charge on any atom is 0.315 e. The maximum absolute atomic E-state index is 12.7.